The van der Waals surface area contributed by atoms with Crippen molar-refractivity contribution in [3.05, 3.63) is 23.0 Å². The monoisotopic (exact) mass is 286 g/mol. The topological polar surface area (TPSA) is 85.2 Å². The number of nitrogens with zero attached hydrogens (tertiary/aromatic N) is 3. The van der Waals surface area contributed by atoms with Crippen molar-refractivity contribution in [1.82, 2.24) is 15.0 Å². The molecule has 6 nitrogen and oxygen atoms in total. The van der Waals surface area contributed by atoms with E-state index in [1.807, 2.05) is 17.9 Å². The van der Waals surface area contributed by atoms with Crippen LogP contribution in [-0.2, 0) is 0 Å². The molecule has 21 heavy (non-hydrogen) atoms. The molecular weight excluding hydrogens is 268 g/mol. The number of fused-ring (bicyclic) bond motifs is 1. The van der Waals surface area contributed by atoms with Crippen LogP contribution >= 0.6 is 0 Å². The van der Waals surface area contributed by atoms with Gasteiger partial charge in [0.15, 0.2) is 0 Å². The molecule has 1 aliphatic carbocycles. The molecule has 0 unspecified atom stereocenters. The number of aryl methyl sites for hydroxylation is 1. The van der Waals surface area contributed by atoms with Crippen LogP contribution in [0.1, 0.15) is 46.9 Å². The fourth-order valence-electron chi connectivity index (χ4n) is 3.01. The van der Waals surface area contributed by atoms with Crippen LogP contribution in [0.15, 0.2) is 10.6 Å². The van der Waals surface area contributed by atoms with Crippen LogP contribution in [0.25, 0.3) is 11.1 Å². The van der Waals surface area contributed by atoms with Gasteiger partial charge >= 0.3 is 0 Å². The molecule has 3 heterocycles. The summed E-state index contributed by atoms with van der Waals surface area (Å²) in [7, 11) is 0. The maximum absolute atomic E-state index is 12.8. The number of pyridine rings is 1. The highest BCUT2D eigenvalue weighted by atomic mass is 16.5. The molecule has 2 fully saturated rings. The maximum atomic E-state index is 12.8. The Labute approximate surface area is 122 Å². The first-order chi connectivity index (χ1) is 10.1. The van der Waals surface area contributed by atoms with Crippen molar-refractivity contribution in [3.8, 4) is 0 Å². The zero-order valence-corrected chi connectivity index (χ0v) is 12.0. The van der Waals surface area contributed by atoms with Gasteiger partial charge in [0.05, 0.1) is 16.6 Å². The molecule has 4 rings (SSSR count). The average Bonchev–Trinajstić information content (AvgIpc) is 3.15. The van der Waals surface area contributed by atoms with Gasteiger partial charge in [0.1, 0.15) is 0 Å². The summed E-state index contributed by atoms with van der Waals surface area (Å²) in [6, 6.07) is 2.01. The molecule has 1 aliphatic heterocycles. The Hall–Kier alpha value is -1.95. The van der Waals surface area contributed by atoms with E-state index in [-0.39, 0.29) is 11.9 Å². The van der Waals surface area contributed by atoms with E-state index in [0.717, 1.165) is 30.3 Å². The normalized spacial score (nSPS) is 22.2. The van der Waals surface area contributed by atoms with Crippen molar-refractivity contribution >= 4 is 17.0 Å². The molecule has 110 valence electrons. The van der Waals surface area contributed by atoms with Crippen molar-refractivity contribution in [2.45, 2.75) is 38.1 Å². The van der Waals surface area contributed by atoms with Gasteiger partial charge in [-0.25, -0.2) is 4.98 Å². The molecule has 0 aromatic carbocycles. The molecule has 0 spiro atoms. The number of hydrogen-bond acceptors (Lipinski definition) is 5. The van der Waals surface area contributed by atoms with Crippen molar-refractivity contribution < 1.29 is 9.32 Å². The first-order valence-electron chi connectivity index (χ1n) is 7.45. The molecule has 2 aromatic rings. The SMILES string of the molecule is Cc1noc2nc(C3CC3)cc(C(=O)N3CC[C@@H](N)C3)c12. The molecule has 0 radical (unpaired) electrons. The minimum atomic E-state index is 0.0172. The molecule has 6 heteroatoms. The van der Waals surface area contributed by atoms with Crippen LogP contribution in [0.2, 0.25) is 0 Å². The van der Waals surface area contributed by atoms with Gasteiger partial charge in [-0.3, -0.25) is 4.79 Å². The summed E-state index contributed by atoms with van der Waals surface area (Å²) in [5, 5.41) is 4.71. The first-order valence-corrected chi connectivity index (χ1v) is 7.45. The Balaban J connectivity index is 1.81. The lowest BCUT2D eigenvalue weighted by atomic mass is 10.1. The van der Waals surface area contributed by atoms with Crippen LogP contribution in [0, 0.1) is 6.92 Å². The van der Waals surface area contributed by atoms with Gasteiger partial charge in [-0.2, -0.15) is 0 Å². The van der Waals surface area contributed by atoms with E-state index in [4.69, 9.17) is 10.3 Å². The van der Waals surface area contributed by atoms with Crippen LogP contribution in [0.4, 0.5) is 0 Å². The van der Waals surface area contributed by atoms with Crippen LogP contribution < -0.4 is 5.73 Å². The fourth-order valence-corrected chi connectivity index (χ4v) is 3.01. The summed E-state index contributed by atoms with van der Waals surface area (Å²) in [6.07, 6.45) is 3.12. The van der Waals surface area contributed by atoms with E-state index in [1.165, 1.54) is 0 Å². The number of nitrogens with two attached hydrogens (primary N) is 1. The third-order valence-corrected chi connectivity index (χ3v) is 4.37. The van der Waals surface area contributed by atoms with Crippen LogP contribution in [0.5, 0.6) is 0 Å². The summed E-state index contributed by atoms with van der Waals surface area (Å²) < 4.78 is 5.29. The number of hydrogen-bond donors (Lipinski definition) is 1. The number of likely N-dealkylation sites (tertiary alicyclic amines) is 1. The van der Waals surface area contributed by atoms with Gasteiger partial charge in [0, 0.05) is 30.7 Å². The fraction of sp³-hybridized carbons (Fsp3) is 0.533. The summed E-state index contributed by atoms with van der Waals surface area (Å²) in [4.78, 5) is 19.2. The number of carbonyl (C=O) groups is 1. The zero-order valence-electron chi connectivity index (χ0n) is 12.0. The maximum Gasteiger partial charge on any atom is 0.259 e. The largest absolute Gasteiger partial charge is 0.337 e. The predicted octanol–water partition coefficient (Wildman–Crippen LogP) is 1.58. The van der Waals surface area contributed by atoms with Crippen molar-refractivity contribution in [1.29, 1.82) is 0 Å². The van der Waals surface area contributed by atoms with Crippen molar-refractivity contribution in [3.63, 3.8) is 0 Å². The first kappa shape index (κ1) is 12.8. The number of carbonyl (C=O) groups excluding carboxylic acids is 1. The Kier molecular flexibility index (Phi) is 2.75. The molecular formula is C15H18N4O2. The minimum absolute atomic E-state index is 0.0172. The van der Waals surface area contributed by atoms with Gasteiger partial charge in [0.2, 0.25) is 0 Å². The second-order valence-corrected chi connectivity index (χ2v) is 6.12. The van der Waals surface area contributed by atoms with E-state index in [2.05, 4.69) is 10.1 Å². The summed E-state index contributed by atoms with van der Waals surface area (Å²) in [5.41, 5.74) is 8.72. The van der Waals surface area contributed by atoms with E-state index in [9.17, 15) is 4.79 Å². The minimum Gasteiger partial charge on any atom is -0.337 e. The molecule has 2 aliphatic rings. The van der Waals surface area contributed by atoms with Gasteiger partial charge in [-0.1, -0.05) is 5.16 Å². The average molecular weight is 286 g/mol. The summed E-state index contributed by atoms with van der Waals surface area (Å²) >= 11 is 0. The molecule has 2 aromatic heterocycles. The van der Waals surface area contributed by atoms with Crippen molar-refractivity contribution in [2.24, 2.45) is 5.73 Å². The van der Waals surface area contributed by atoms with Crippen LogP contribution in [-0.4, -0.2) is 40.1 Å². The number of amides is 1. The molecule has 1 saturated carbocycles. The van der Waals surface area contributed by atoms with E-state index in [1.54, 1.807) is 0 Å². The highest BCUT2D eigenvalue weighted by molar-refractivity contribution is 6.06. The predicted molar refractivity (Wildman–Crippen MR) is 77.0 cm³/mol. The second-order valence-electron chi connectivity index (χ2n) is 6.12. The number of rotatable bonds is 2. The van der Waals surface area contributed by atoms with Gasteiger partial charge in [-0.05, 0) is 32.3 Å². The Morgan fingerprint density at radius 1 is 1.43 bits per heavy atom. The third-order valence-electron chi connectivity index (χ3n) is 4.37. The molecule has 0 bridgehead atoms. The number of aromatic nitrogens is 2. The third kappa shape index (κ3) is 2.10. The van der Waals surface area contributed by atoms with Gasteiger partial charge in [0.25, 0.3) is 11.6 Å². The lowest BCUT2D eigenvalue weighted by Crippen LogP contribution is -2.32. The second kappa shape index (κ2) is 4.53. The Bertz CT molecular complexity index is 720. The highest BCUT2D eigenvalue weighted by Gasteiger charge is 2.31. The van der Waals surface area contributed by atoms with Crippen LogP contribution in [0.3, 0.4) is 0 Å². The lowest BCUT2D eigenvalue weighted by Gasteiger charge is -2.16. The lowest BCUT2D eigenvalue weighted by molar-refractivity contribution is 0.0792. The van der Waals surface area contributed by atoms with E-state index < -0.39 is 0 Å². The standard InChI is InChI=1S/C15H18N4O2/c1-8-13-11(15(20)19-5-4-10(16)7-19)6-12(9-2-3-9)17-14(13)21-18-8/h6,9-10H,2-5,7,16H2,1H3/t10-/m1/s1. The van der Waals surface area contributed by atoms with Gasteiger partial charge < -0.3 is 15.2 Å². The molecule has 1 saturated heterocycles. The zero-order chi connectivity index (χ0) is 14.6. The van der Waals surface area contributed by atoms with Crippen molar-refractivity contribution in [2.75, 3.05) is 13.1 Å². The molecule has 1 atom stereocenters. The van der Waals surface area contributed by atoms with Gasteiger partial charge in [-0.15, -0.1) is 0 Å². The molecule has 2 N–H and O–H groups in total. The summed E-state index contributed by atoms with van der Waals surface area (Å²) in [6.45, 7) is 3.18. The van der Waals surface area contributed by atoms with E-state index in [0.29, 0.717) is 36.0 Å². The smallest absolute Gasteiger partial charge is 0.259 e. The summed E-state index contributed by atoms with van der Waals surface area (Å²) in [5.74, 6) is 0.482. The Morgan fingerprint density at radius 3 is 2.90 bits per heavy atom. The van der Waals surface area contributed by atoms with E-state index >= 15 is 0 Å². The molecule has 1 amide bonds. The Morgan fingerprint density at radius 2 is 2.24 bits per heavy atom. The highest BCUT2D eigenvalue weighted by Crippen LogP contribution is 2.40. The quantitative estimate of drug-likeness (QED) is 0.906.